The van der Waals surface area contributed by atoms with Crippen molar-refractivity contribution in [1.82, 2.24) is 20.1 Å². The molecule has 2 rings (SSSR count). The molecule has 102 valence electrons. The first-order valence-corrected chi connectivity index (χ1v) is 6.76. The standard InChI is InChI=1S/C15H22N4/c1-5-12-9-13(19(4)18-12)10-15(16-3)14-8-6-7-11(2)17-14/h6-9,15-16H,5,10H2,1-4H3. The van der Waals surface area contributed by atoms with Crippen LogP contribution in [0.1, 0.15) is 35.7 Å². The topological polar surface area (TPSA) is 42.7 Å². The number of aromatic nitrogens is 3. The van der Waals surface area contributed by atoms with Crippen molar-refractivity contribution in [2.75, 3.05) is 7.05 Å². The molecule has 1 N–H and O–H groups in total. The Morgan fingerprint density at radius 3 is 2.74 bits per heavy atom. The van der Waals surface area contributed by atoms with Gasteiger partial charge in [0, 0.05) is 24.9 Å². The summed E-state index contributed by atoms with van der Waals surface area (Å²) in [7, 11) is 3.98. The molecule has 2 heterocycles. The molecule has 0 amide bonds. The summed E-state index contributed by atoms with van der Waals surface area (Å²) in [5.41, 5.74) is 4.52. The monoisotopic (exact) mass is 258 g/mol. The van der Waals surface area contributed by atoms with Gasteiger partial charge in [-0.3, -0.25) is 9.67 Å². The number of hydrogen-bond acceptors (Lipinski definition) is 3. The van der Waals surface area contributed by atoms with E-state index in [0.717, 1.165) is 29.9 Å². The molecule has 0 saturated carbocycles. The van der Waals surface area contributed by atoms with Crippen molar-refractivity contribution in [2.45, 2.75) is 32.7 Å². The third kappa shape index (κ3) is 3.20. The van der Waals surface area contributed by atoms with Gasteiger partial charge in [-0.15, -0.1) is 0 Å². The van der Waals surface area contributed by atoms with Gasteiger partial charge >= 0.3 is 0 Å². The Kier molecular flexibility index (Phi) is 4.32. The van der Waals surface area contributed by atoms with E-state index in [9.17, 15) is 0 Å². The van der Waals surface area contributed by atoms with E-state index in [1.54, 1.807) is 0 Å². The summed E-state index contributed by atoms with van der Waals surface area (Å²) in [6.07, 6.45) is 1.87. The SMILES string of the molecule is CCc1cc(CC(NC)c2cccc(C)n2)n(C)n1. The van der Waals surface area contributed by atoms with Crippen molar-refractivity contribution in [3.63, 3.8) is 0 Å². The van der Waals surface area contributed by atoms with Crippen molar-refractivity contribution in [2.24, 2.45) is 7.05 Å². The van der Waals surface area contributed by atoms with Crippen molar-refractivity contribution in [3.05, 3.63) is 47.0 Å². The van der Waals surface area contributed by atoms with Crippen LogP contribution in [0.25, 0.3) is 0 Å². The van der Waals surface area contributed by atoms with Crippen LogP contribution in [-0.2, 0) is 19.9 Å². The molecule has 0 spiro atoms. The zero-order valence-electron chi connectivity index (χ0n) is 12.1. The minimum absolute atomic E-state index is 0.222. The Morgan fingerprint density at radius 1 is 1.37 bits per heavy atom. The predicted molar refractivity (Wildman–Crippen MR) is 77.1 cm³/mol. The van der Waals surface area contributed by atoms with E-state index in [2.05, 4.69) is 40.5 Å². The molecular formula is C15H22N4. The fourth-order valence-corrected chi connectivity index (χ4v) is 2.26. The number of rotatable bonds is 5. The molecule has 0 aliphatic carbocycles. The molecule has 0 bridgehead atoms. The molecule has 2 aromatic rings. The molecule has 4 nitrogen and oxygen atoms in total. The molecule has 0 saturated heterocycles. The average Bonchev–Trinajstić information content (AvgIpc) is 2.76. The summed E-state index contributed by atoms with van der Waals surface area (Å²) >= 11 is 0. The quantitative estimate of drug-likeness (QED) is 0.894. The number of hydrogen-bond donors (Lipinski definition) is 1. The zero-order valence-corrected chi connectivity index (χ0v) is 12.1. The highest BCUT2D eigenvalue weighted by molar-refractivity contribution is 5.18. The Morgan fingerprint density at radius 2 is 2.16 bits per heavy atom. The molecule has 2 aromatic heterocycles. The Bertz CT molecular complexity index is 545. The fraction of sp³-hybridized carbons (Fsp3) is 0.467. The Hall–Kier alpha value is -1.68. The molecule has 1 atom stereocenters. The fourth-order valence-electron chi connectivity index (χ4n) is 2.26. The highest BCUT2D eigenvalue weighted by atomic mass is 15.3. The van der Waals surface area contributed by atoms with Gasteiger partial charge in [0.25, 0.3) is 0 Å². The van der Waals surface area contributed by atoms with E-state index in [4.69, 9.17) is 0 Å². The first kappa shape index (κ1) is 13.7. The molecule has 0 aliphatic heterocycles. The second-order valence-electron chi connectivity index (χ2n) is 4.85. The van der Waals surface area contributed by atoms with Crippen LogP contribution in [0.15, 0.2) is 24.3 Å². The van der Waals surface area contributed by atoms with E-state index in [1.165, 1.54) is 5.69 Å². The van der Waals surface area contributed by atoms with Gasteiger partial charge in [0.15, 0.2) is 0 Å². The van der Waals surface area contributed by atoms with Crippen molar-refractivity contribution in [1.29, 1.82) is 0 Å². The number of likely N-dealkylation sites (N-methyl/N-ethyl adjacent to an activating group) is 1. The van der Waals surface area contributed by atoms with Crippen LogP contribution in [0.2, 0.25) is 0 Å². The number of nitrogens with zero attached hydrogens (tertiary/aromatic N) is 3. The predicted octanol–water partition coefficient (Wildman–Crippen LogP) is 2.19. The van der Waals surface area contributed by atoms with E-state index in [0.29, 0.717) is 0 Å². The summed E-state index contributed by atoms with van der Waals surface area (Å²) in [5, 5.41) is 7.84. The van der Waals surface area contributed by atoms with Crippen LogP contribution in [0.3, 0.4) is 0 Å². The maximum absolute atomic E-state index is 4.60. The van der Waals surface area contributed by atoms with Gasteiger partial charge in [0.2, 0.25) is 0 Å². The zero-order chi connectivity index (χ0) is 13.8. The van der Waals surface area contributed by atoms with Gasteiger partial charge in [-0.25, -0.2) is 0 Å². The van der Waals surface area contributed by atoms with Crippen LogP contribution in [0.4, 0.5) is 0 Å². The van der Waals surface area contributed by atoms with E-state index in [-0.39, 0.29) is 6.04 Å². The lowest BCUT2D eigenvalue weighted by Crippen LogP contribution is -2.21. The highest BCUT2D eigenvalue weighted by Gasteiger charge is 2.14. The number of pyridine rings is 1. The van der Waals surface area contributed by atoms with Gasteiger partial charge in [0.05, 0.1) is 17.4 Å². The lowest BCUT2D eigenvalue weighted by atomic mass is 10.1. The second kappa shape index (κ2) is 5.97. The molecule has 4 heteroatoms. The summed E-state index contributed by atoms with van der Waals surface area (Å²) in [5.74, 6) is 0. The minimum atomic E-state index is 0.222. The normalized spacial score (nSPS) is 12.6. The molecule has 19 heavy (non-hydrogen) atoms. The average molecular weight is 258 g/mol. The smallest absolute Gasteiger partial charge is 0.0624 e. The molecule has 0 fully saturated rings. The van der Waals surface area contributed by atoms with Crippen LogP contribution in [0, 0.1) is 6.92 Å². The summed E-state index contributed by atoms with van der Waals surface area (Å²) in [6, 6.07) is 8.56. The van der Waals surface area contributed by atoms with Crippen molar-refractivity contribution >= 4 is 0 Å². The Labute approximate surface area is 114 Å². The number of nitrogens with one attached hydrogen (secondary N) is 1. The largest absolute Gasteiger partial charge is 0.311 e. The van der Waals surface area contributed by atoms with E-state index >= 15 is 0 Å². The first-order valence-electron chi connectivity index (χ1n) is 6.76. The van der Waals surface area contributed by atoms with Crippen molar-refractivity contribution in [3.8, 4) is 0 Å². The van der Waals surface area contributed by atoms with E-state index < -0.39 is 0 Å². The summed E-state index contributed by atoms with van der Waals surface area (Å²) in [6.45, 7) is 4.15. The third-order valence-electron chi connectivity index (χ3n) is 3.42. The Balaban J connectivity index is 2.21. The number of aryl methyl sites for hydroxylation is 3. The first-order chi connectivity index (χ1) is 9.13. The maximum Gasteiger partial charge on any atom is 0.0624 e. The van der Waals surface area contributed by atoms with Gasteiger partial charge in [-0.05, 0) is 38.6 Å². The van der Waals surface area contributed by atoms with Crippen LogP contribution in [0.5, 0.6) is 0 Å². The van der Waals surface area contributed by atoms with Gasteiger partial charge < -0.3 is 5.32 Å². The van der Waals surface area contributed by atoms with Crippen molar-refractivity contribution < 1.29 is 0 Å². The second-order valence-corrected chi connectivity index (χ2v) is 4.85. The minimum Gasteiger partial charge on any atom is -0.311 e. The maximum atomic E-state index is 4.60. The molecule has 1 unspecified atom stereocenters. The van der Waals surface area contributed by atoms with Crippen LogP contribution in [-0.4, -0.2) is 21.8 Å². The van der Waals surface area contributed by atoms with Crippen LogP contribution >= 0.6 is 0 Å². The molecule has 0 aromatic carbocycles. The summed E-state index contributed by atoms with van der Waals surface area (Å²) < 4.78 is 1.97. The summed E-state index contributed by atoms with van der Waals surface area (Å²) in [4.78, 5) is 4.60. The lowest BCUT2D eigenvalue weighted by Gasteiger charge is -2.16. The highest BCUT2D eigenvalue weighted by Crippen LogP contribution is 2.17. The van der Waals surface area contributed by atoms with Gasteiger partial charge in [-0.1, -0.05) is 13.0 Å². The van der Waals surface area contributed by atoms with Gasteiger partial charge in [-0.2, -0.15) is 5.10 Å². The third-order valence-corrected chi connectivity index (χ3v) is 3.42. The lowest BCUT2D eigenvalue weighted by molar-refractivity contribution is 0.547. The van der Waals surface area contributed by atoms with Gasteiger partial charge in [0.1, 0.15) is 0 Å². The molecular weight excluding hydrogens is 236 g/mol. The molecule has 0 radical (unpaired) electrons. The van der Waals surface area contributed by atoms with Crippen LogP contribution < -0.4 is 5.32 Å². The molecule has 0 aliphatic rings. The van der Waals surface area contributed by atoms with E-state index in [1.807, 2.05) is 31.8 Å².